The van der Waals surface area contributed by atoms with Crippen LogP contribution in [0, 0.1) is 0 Å². The van der Waals surface area contributed by atoms with Crippen molar-refractivity contribution in [3.8, 4) is 0 Å². The zero-order valence-electron chi connectivity index (χ0n) is 19.0. The highest BCUT2D eigenvalue weighted by atomic mass is 35.5. The second-order valence-electron chi connectivity index (χ2n) is 7.60. The van der Waals surface area contributed by atoms with E-state index in [1.807, 2.05) is 31.2 Å². The number of hydrogen-bond donors (Lipinski definition) is 1. The molecule has 8 nitrogen and oxygen atoms in total. The van der Waals surface area contributed by atoms with Gasteiger partial charge in [-0.25, -0.2) is 13.2 Å². The van der Waals surface area contributed by atoms with Crippen LogP contribution >= 0.6 is 11.6 Å². The Kier molecular flexibility index (Phi) is 7.99. The van der Waals surface area contributed by atoms with E-state index < -0.39 is 10.0 Å². The van der Waals surface area contributed by atoms with Gasteiger partial charge in [0.25, 0.3) is 0 Å². The first-order valence-electron chi connectivity index (χ1n) is 11.0. The second kappa shape index (κ2) is 10.5. The third kappa shape index (κ3) is 5.15. The van der Waals surface area contributed by atoms with Crippen LogP contribution in [0.3, 0.4) is 0 Å². The summed E-state index contributed by atoms with van der Waals surface area (Å²) in [5.74, 6) is -0.367. The molecule has 1 heterocycles. The molecule has 0 saturated heterocycles. The van der Waals surface area contributed by atoms with E-state index in [0.717, 1.165) is 17.5 Å². The highest BCUT2D eigenvalue weighted by Gasteiger charge is 2.23. The van der Waals surface area contributed by atoms with Crippen molar-refractivity contribution in [3.05, 3.63) is 58.0 Å². The molecule has 1 amide bonds. The lowest BCUT2D eigenvalue weighted by atomic mass is 10.3. The standard InChI is InChI=1S/C23H29ClN4O4S/c1-4-14-27-20-9-7-8-10-21(20)28(23(27)30)15-13-22(29)25-19-16-17(11-12-18(19)24)33(31,32)26(5-2)6-3/h7-12,16H,4-6,13-15H2,1-3H3,(H,25,29). The fourth-order valence-electron chi connectivity index (χ4n) is 3.83. The van der Waals surface area contributed by atoms with Crippen LogP contribution in [-0.4, -0.2) is 40.9 Å². The van der Waals surface area contributed by atoms with Crippen molar-refractivity contribution in [1.29, 1.82) is 0 Å². The van der Waals surface area contributed by atoms with Gasteiger partial charge in [-0.1, -0.05) is 44.5 Å². The van der Waals surface area contributed by atoms with Crippen LogP contribution in [-0.2, 0) is 27.9 Å². The highest BCUT2D eigenvalue weighted by Crippen LogP contribution is 2.27. The summed E-state index contributed by atoms with van der Waals surface area (Å²) in [6.07, 6.45) is 0.850. The van der Waals surface area contributed by atoms with Crippen LogP contribution in [0.25, 0.3) is 11.0 Å². The summed E-state index contributed by atoms with van der Waals surface area (Å²) in [6, 6.07) is 11.7. The number of sulfonamides is 1. The second-order valence-corrected chi connectivity index (χ2v) is 9.95. The van der Waals surface area contributed by atoms with Gasteiger partial charge >= 0.3 is 5.69 Å². The van der Waals surface area contributed by atoms with E-state index >= 15 is 0 Å². The average molecular weight is 493 g/mol. The highest BCUT2D eigenvalue weighted by molar-refractivity contribution is 7.89. The Balaban J connectivity index is 1.80. The summed E-state index contributed by atoms with van der Waals surface area (Å²) in [5.41, 5.74) is 1.67. The number of imidazole rings is 1. The summed E-state index contributed by atoms with van der Waals surface area (Å²) >= 11 is 6.21. The van der Waals surface area contributed by atoms with Gasteiger partial charge in [-0.15, -0.1) is 0 Å². The molecule has 178 valence electrons. The Labute approximate surface area is 198 Å². The summed E-state index contributed by atoms with van der Waals surface area (Å²) in [7, 11) is -3.69. The van der Waals surface area contributed by atoms with Crippen molar-refractivity contribution in [1.82, 2.24) is 13.4 Å². The fourth-order valence-corrected chi connectivity index (χ4v) is 5.48. The molecule has 0 radical (unpaired) electrons. The Bertz CT molecular complexity index is 1310. The number of amides is 1. The molecule has 0 spiro atoms. The molecule has 0 aliphatic carbocycles. The number of carbonyl (C=O) groups excluding carboxylic acids is 1. The normalized spacial score (nSPS) is 11.9. The Morgan fingerprint density at radius 2 is 1.61 bits per heavy atom. The van der Waals surface area contributed by atoms with Crippen LogP contribution in [0.1, 0.15) is 33.6 Å². The molecule has 0 bridgehead atoms. The maximum absolute atomic E-state index is 12.9. The molecule has 0 atom stereocenters. The number of anilines is 1. The molecular weight excluding hydrogens is 464 g/mol. The predicted molar refractivity (Wildman–Crippen MR) is 131 cm³/mol. The molecule has 1 N–H and O–H groups in total. The third-order valence-electron chi connectivity index (χ3n) is 5.49. The number of nitrogens with one attached hydrogen (secondary N) is 1. The van der Waals surface area contributed by atoms with Crippen molar-refractivity contribution < 1.29 is 13.2 Å². The van der Waals surface area contributed by atoms with E-state index in [0.29, 0.717) is 19.6 Å². The maximum atomic E-state index is 12.9. The number of fused-ring (bicyclic) bond motifs is 1. The first kappa shape index (κ1) is 25.0. The van der Waals surface area contributed by atoms with Crippen LogP contribution in [0.4, 0.5) is 5.69 Å². The van der Waals surface area contributed by atoms with E-state index in [2.05, 4.69) is 5.32 Å². The number of halogens is 1. The van der Waals surface area contributed by atoms with Crippen molar-refractivity contribution in [2.45, 2.75) is 51.6 Å². The lowest BCUT2D eigenvalue weighted by Crippen LogP contribution is -2.30. The monoisotopic (exact) mass is 492 g/mol. The average Bonchev–Trinajstić information content (AvgIpc) is 3.05. The minimum atomic E-state index is -3.69. The molecule has 0 aliphatic heterocycles. The van der Waals surface area contributed by atoms with Gasteiger partial charge < -0.3 is 5.32 Å². The van der Waals surface area contributed by atoms with Gasteiger partial charge in [-0.05, 0) is 36.8 Å². The molecular formula is C23H29ClN4O4S. The predicted octanol–water partition coefficient (Wildman–Crippen LogP) is 3.93. The number of nitrogens with zero attached hydrogens (tertiary/aromatic N) is 3. The summed E-state index contributed by atoms with van der Waals surface area (Å²) in [5, 5.41) is 2.93. The molecule has 0 saturated carbocycles. The van der Waals surface area contributed by atoms with E-state index in [1.54, 1.807) is 23.0 Å². The largest absolute Gasteiger partial charge is 0.329 e. The number of hydrogen-bond acceptors (Lipinski definition) is 4. The van der Waals surface area contributed by atoms with Gasteiger partial charge in [0.2, 0.25) is 15.9 Å². The summed E-state index contributed by atoms with van der Waals surface area (Å²) in [4.78, 5) is 25.6. The van der Waals surface area contributed by atoms with Crippen LogP contribution < -0.4 is 11.0 Å². The molecule has 0 aliphatic rings. The Hall–Kier alpha value is -2.62. The van der Waals surface area contributed by atoms with E-state index in [9.17, 15) is 18.0 Å². The smallest absolute Gasteiger partial charge is 0.325 e. The van der Waals surface area contributed by atoms with Crippen molar-refractivity contribution in [2.75, 3.05) is 18.4 Å². The van der Waals surface area contributed by atoms with E-state index in [1.165, 1.54) is 22.5 Å². The first-order valence-corrected chi connectivity index (χ1v) is 12.8. The van der Waals surface area contributed by atoms with Crippen molar-refractivity contribution >= 4 is 44.3 Å². The van der Waals surface area contributed by atoms with Gasteiger partial charge in [0, 0.05) is 32.6 Å². The van der Waals surface area contributed by atoms with Crippen LogP contribution in [0.5, 0.6) is 0 Å². The molecule has 3 aromatic rings. The van der Waals surface area contributed by atoms with Crippen LogP contribution in [0.15, 0.2) is 52.2 Å². The summed E-state index contributed by atoms with van der Waals surface area (Å²) in [6.45, 7) is 6.99. The number of rotatable bonds is 10. The Morgan fingerprint density at radius 1 is 1.00 bits per heavy atom. The third-order valence-corrected chi connectivity index (χ3v) is 7.87. The van der Waals surface area contributed by atoms with Gasteiger partial charge in [0.05, 0.1) is 26.6 Å². The Morgan fingerprint density at radius 3 is 2.18 bits per heavy atom. The minimum Gasteiger partial charge on any atom is -0.325 e. The maximum Gasteiger partial charge on any atom is 0.329 e. The zero-order chi connectivity index (χ0) is 24.2. The molecule has 2 aromatic carbocycles. The summed E-state index contributed by atoms with van der Waals surface area (Å²) < 4.78 is 30.2. The quantitative estimate of drug-likeness (QED) is 0.464. The molecule has 0 fully saturated rings. The van der Waals surface area contributed by atoms with Gasteiger partial charge in [-0.2, -0.15) is 4.31 Å². The molecule has 1 aromatic heterocycles. The number of aryl methyl sites for hydroxylation is 2. The zero-order valence-corrected chi connectivity index (χ0v) is 20.6. The first-order chi connectivity index (χ1) is 15.7. The number of benzene rings is 2. The molecule has 33 heavy (non-hydrogen) atoms. The van der Waals surface area contributed by atoms with E-state index in [-0.39, 0.29) is 40.2 Å². The van der Waals surface area contributed by atoms with Crippen molar-refractivity contribution in [2.24, 2.45) is 0 Å². The van der Waals surface area contributed by atoms with Gasteiger partial charge in [0.15, 0.2) is 0 Å². The number of carbonyl (C=O) groups is 1. The molecule has 3 rings (SSSR count). The lowest BCUT2D eigenvalue weighted by Gasteiger charge is -2.19. The van der Waals surface area contributed by atoms with E-state index in [4.69, 9.17) is 11.6 Å². The molecule has 0 unspecified atom stereocenters. The number of para-hydroxylation sites is 2. The number of aromatic nitrogens is 2. The van der Waals surface area contributed by atoms with Crippen LogP contribution in [0.2, 0.25) is 5.02 Å². The fraction of sp³-hybridized carbons (Fsp3) is 0.391. The minimum absolute atomic E-state index is 0.0311. The lowest BCUT2D eigenvalue weighted by molar-refractivity contribution is -0.116. The van der Waals surface area contributed by atoms with Gasteiger partial charge in [-0.3, -0.25) is 13.9 Å². The topological polar surface area (TPSA) is 93.4 Å². The van der Waals surface area contributed by atoms with Gasteiger partial charge in [0.1, 0.15) is 0 Å². The molecule has 10 heteroatoms. The SMILES string of the molecule is CCCn1c(=O)n(CCC(=O)Nc2cc(S(=O)(=O)N(CC)CC)ccc2Cl)c2ccccc21. The van der Waals surface area contributed by atoms with Crippen molar-refractivity contribution in [3.63, 3.8) is 0 Å².